The molecule has 3 aromatic rings. The van der Waals surface area contributed by atoms with E-state index in [1.165, 1.54) is 24.3 Å². The van der Waals surface area contributed by atoms with Gasteiger partial charge in [-0.3, -0.25) is 29.4 Å². The minimum Gasteiger partial charge on any atom is -0.462 e. The number of nitro groups is 1. The van der Waals surface area contributed by atoms with Gasteiger partial charge in [-0.25, -0.2) is 4.79 Å². The van der Waals surface area contributed by atoms with Crippen LogP contribution in [0.4, 0.5) is 5.69 Å². The number of carbonyl (C=O) groups excluding carboxylic acids is 4. The third kappa shape index (κ3) is 4.67. The number of hydrogen-bond donors (Lipinski definition) is 0. The predicted molar refractivity (Wildman–Crippen MR) is 125 cm³/mol. The second kappa shape index (κ2) is 9.86. The molecule has 3 aromatic carbocycles. The molecule has 1 aliphatic rings. The zero-order valence-corrected chi connectivity index (χ0v) is 18.9. The van der Waals surface area contributed by atoms with Gasteiger partial charge >= 0.3 is 5.97 Å². The first-order valence-electron chi connectivity index (χ1n) is 10.5. The average molecular weight is 493 g/mol. The molecular weight excluding hydrogens is 476 g/mol. The number of hydrogen-bond acceptors (Lipinski definition) is 7. The smallest absolute Gasteiger partial charge is 0.338 e. The highest BCUT2D eigenvalue weighted by molar-refractivity contribution is 6.33. The molecule has 0 bridgehead atoms. The normalized spacial score (nSPS) is 12.4. The molecule has 0 aliphatic carbocycles. The molecular formula is C25H17ClN2O7. The van der Waals surface area contributed by atoms with E-state index in [0.717, 1.165) is 11.0 Å². The Balaban J connectivity index is 1.41. The van der Waals surface area contributed by atoms with Crippen molar-refractivity contribution in [1.82, 2.24) is 4.90 Å². The zero-order valence-electron chi connectivity index (χ0n) is 18.1. The molecule has 176 valence electrons. The number of nitrogens with zero attached hydrogens (tertiary/aromatic N) is 2. The highest BCUT2D eigenvalue weighted by atomic mass is 35.5. The van der Waals surface area contributed by atoms with Crippen LogP contribution in [0.3, 0.4) is 0 Å². The van der Waals surface area contributed by atoms with E-state index in [1.54, 1.807) is 36.4 Å². The molecule has 1 heterocycles. The summed E-state index contributed by atoms with van der Waals surface area (Å²) in [5.41, 5.74) is 0.233. The Morgan fingerprint density at radius 1 is 0.914 bits per heavy atom. The molecule has 0 atom stereocenters. The summed E-state index contributed by atoms with van der Waals surface area (Å²) in [5.74, 6) is -2.18. The molecule has 0 aromatic heterocycles. The zero-order chi connectivity index (χ0) is 25.1. The number of rotatable bonds is 8. The van der Waals surface area contributed by atoms with Crippen LogP contribution in [0.25, 0.3) is 0 Å². The van der Waals surface area contributed by atoms with Crippen LogP contribution in [0.5, 0.6) is 0 Å². The number of nitro benzene ring substituents is 1. The Bertz CT molecular complexity index is 1350. The van der Waals surface area contributed by atoms with Crippen LogP contribution < -0.4 is 0 Å². The number of halogens is 1. The first kappa shape index (κ1) is 23.8. The summed E-state index contributed by atoms with van der Waals surface area (Å²) in [6, 6.07) is 16.1. The Morgan fingerprint density at radius 2 is 1.51 bits per heavy atom. The van der Waals surface area contributed by atoms with Crippen molar-refractivity contribution >= 4 is 40.9 Å². The van der Waals surface area contributed by atoms with Gasteiger partial charge in [-0.15, -0.1) is 0 Å². The fourth-order valence-corrected chi connectivity index (χ4v) is 3.90. The third-order valence-electron chi connectivity index (χ3n) is 5.43. The lowest BCUT2D eigenvalue weighted by molar-refractivity contribution is -0.384. The van der Waals surface area contributed by atoms with Gasteiger partial charge in [0.2, 0.25) is 0 Å². The molecule has 1 aliphatic heterocycles. The van der Waals surface area contributed by atoms with E-state index in [4.69, 9.17) is 16.3 Å². The van der Waals surface area contributed by atoms with E-state index in [9.17, 15) is 29.3 Å². The second-order valence-corrected chi connectivity index (χ2v) is 8.00. The van der Waals surface area contributed by atoms with Crippen molar-refractivity contribution in [2.45, 2.75) is 6.42 Å². The number of ketones is 1. The molecule has 0 N–H and O–H groups in total. The Kier molecular flexibility index (Phi) is 6.70. The van der Waals surface area contributed by atoms with Crippen LogP contribution in [-0.2, 0) is 4.74 Å². The van der Waals surface area contributed by atoms with Gasteiger partial charge in [0.25, 0.3) is 17.5 Å². The lowest BCUT2D eigenvalue weighted by Crippen LogP contribution is -2.31. The SMILES string of the molecule is O=C(OCCCN1C(=O)c2ccccc2C1=O)c1ccccc1C(=O)c1ccc(Cl)c([N+](=O)[O-])c1. The van der Waals surface area contributed by atoms with E-state index in [1.807, 2.05) is 0 Å². The van der Waals surface area contributed by atoms with Crippen molar-refractivity contribution in [3.05, 3.63) is 110 Å². The molecule has 2 amide bonds. The summed E-state index contributed by atoms with van der Waals surface area (Å²) in [4.78, 5) is 62.0. The highest BCUT2D eigenvalue weighted by Gasteiger charge is 2.34. The number of ether oxygens (including phenoxy) is 1. The van der Waals surface area contributed by atoms with Gasteiger partial charge in [0.15, 0.2) is 5.78 Å². The van der Waals surface area contributed by atoms with Crippen molar-refractivity contribution < 1.29 is 28.8 Å². The van der Waals surface area contributed by atoms with Crippen molar-refractivity contribution in [3.63, 3.8) is 0 Å². The fourth-order valence-electron chi connectivity index (χ4n) is 3.72. The minimum atomic E-state index is -0.778. The molecule has 0 spiro atoms. The largest absolute Gasteiger partial charge is 0.462 e. The van der Waals surface area contributed by atoms with E-state index in [2.05, 4.69) is 0 Å². The van der Waals surface area contributed by atoms with Gasteiger partial charge in [0.1, 0.15) is 5.02 Å². The van der Waals surface area contributed by atoms with Crippen LogP contribution in [0.15, 0.2) is 66.7 Å². The van der Waals surface area contributed by atoms with Crippen LogP contribution in [0, 0.1) is 10.1 Å². The summed E-state index contributed by atoms with van der Waals surface area (Å²) in [7, 11) is 0. The van der Waals surface area contributed by atoms with Crippen molar-refractivity contribution in [2.75, 3.05) is 13.2 Å². The number of fused-ring (bicyclic) bond motifs is 1. The maximum absolute atomic E-state index is 13.0. The third-order valence-corrected chi connectivity index (χ3v) is 5.75. The first-order chi connectivity index (χ1) is 16.8. The molecule has 35 heavy (non-hydrogen) atoms. The van der Waals surface area contributed by atoms with Gasteiger partial charge in [-0.05, 0) is 36.8 Å². The van der Waals surface area contributed by atoms with Crippen molar-refractivity contribution in [1.29, 1.82) is 0 Å². The average Bonchev–Trinajstić information content (AvgIpc) is 3.11. The number of carbonyl (C=O) groups is 4. The number of benzene rings is 3. The summed E-state index contributed by atoms with van der Waals surface area (Å²) in [5, 5.41) is 11.0. The predicted octanol–water partition coefficient (Wildman–Crippen LogP) is 4.32. The Hall–Kier alpha value is -4.37. The quantitative estimate of drug-likeness (QED) is 0.114. The van der Waals surface area contributed by atoms with Gasteiger partial charge in [-0.1, -0.05) is 41.9 Å². The van der Waals surface area contributed by atoms with E-state index < -0.39 is 34.2 Å². The summed E-state index contributed by atoms with van der Waals surface area (Å²) in [6.45, 7) is -0.0319. The van der Waals surface area contributed by atoms with Crippen molar-refractivity contribution in [2.24, 2.45) is 0 Å². The van der Waals surface area contributed by atoms with Gasteiger partial charge in [0, 0.05) is 23.7 Å². The summed E-state index contributed by atoms with van der Waals surface area (Å²) in [6.07, 6.45) is 0.205. The van der Waals surface area contributed by atoms with E-state index in [-0.39, 0.29) is 41.3 Å². The van der Waals surface area contributed by atoms with Crippen LogP contribution in [-0.4, -0.2) is 46.5 Å². The monoisotopic (exact) mass is 492 g/mol. The molecule has 0 radical (unpaired) electrons. The first-order valence-corrected chi connectivity index (χ1v) is 10.9. The molecule has 4 rings (SSSR count). The second-order valence-electron chi connectivity index (χ2n) is 7.60. The Morgan fingerprint density at radius 3 is 2.14 bits per heavy atom. The lowest BCUT2D eigenvalue weighted by Gasteiger charge is -2.14. The van der Waals surface area contributed by atoms with E-state index >= 15 is 0 Å². The van der Waals surface area contributed by atoms with Gasteiger partial charge in [0.05, 0.1) is 28.2 Å². The van der Waals surface area contributed by atoms with E-state index in [0.29, 0.717) is 11.1 Å². The molecule has 0 saturated carbocycles. The Labute approximate surface area is 204 Å². The standard InChI is InChI=1S/C25H17ClN2O7/c26-20-11-10-15(14-21(20)28(33)34)22(29)16-6-1-4-9-19(16)25(32)35-13-5-12-27-23(30)17-7-2-3-8-18(17)24(27)31/h1-4,6-11,14H,5,12-13H2. The maximum atomic E-state index is 13.0. The van der Waals surface area contributed by atoms with Gasteiger partial charge < -0.3 is 4.74 Å². The van der Waals surface area contributed by atoms with Gasteiger partial charge in [-0.2, -0.15) is 0 Å². The fraction of sp³-hybridized carbons (Fsp3) is 0.120. The molecule has 0 saturated heterocycles. The number of esters is 1. The highest BCUT2D eigenvalue weighted by Crippen LogP contribution is 2.27. The maximum Gasteiger partial charge on any atom is 0.338 e. The molecule has 10 heteroatoms. The molecule has 0 fully saturated rings. The lowest BCUT2D eigenvalue weighted by atomic mass is 9.98. The number of imide groups is 1. The van der Waals surface area contributed by atoms with Crippen LogP contribution >= 0.6 is 11.6 Å². The summed E-state index contributed by atoms with van der Waals surface area (Å²) < 4.78 is 5.27. The molecule has 9 nitrogen and oxygen atoms in total. The minimum absolute atomic E-state index is 0.00743. The molecule has 0 unspecified atom stereocenters. The van der Waals surface area contributed by atoms with Crippen molar-refractivity contribution in [3.8, 4) is 0 Å². The van der Waals surface area contributed by atoms with Crippen LogP contribution in [0.2, 0.25) is 5.02 Å². The topological polar surface area (TPSA) is 124 Å². The van der Waals surface area contributed by atoms with Crippen LogP contribution in [0.1, 0.15) is 53.4 Å². The summed E-state index contributed by atoms with van der Waals surface area (Å²) >= 11 is 5.81. The number of amides is 2.